The first-order valence-electron chi connectivity index (χ1n) is 12.9. The van der Waals surface area contributed by atoms with Gasteiger partial charge >= 0.3 is 5.97 Å². The molecule has 0 saturated heterocycles. The molecule has 2 amide bonds. The van der Waals surface area contributed by atoms with Gasteiger partial charge in [0.25, 0.3) is 0 Å². The lowest BCUT2D eigenvalue weighted by Crippen LogP contribution is -3.00. The topological polar surface area (TPSA) is 166 Å². The Kier molecular flexibility index (Phi) is 33.0. The highest BCUT2D eigenvalue weighted by Gasteiger charge is 2.15. The Morgan fingerprint density at radius 1 is 0.650 bits per heavy atom. The van der Waals surface area contributed by atoms with Crippen molar-refractivity contribution >= 4 is 30.2 Å². The molecule has 0 aromatic carbocycles. The smallest absolute Gasteiger partial charge is 0.307 e. The van der Waals surface area contributed by atoms with E-state index in [4.69, 9.17) is 34.2 Å². The molecule has 4 N–H and O–H groups in total. The SMILES string of the molecule is COC(=O)CCOCCOCC[N+](C)(C)CCNC(=O)COCCOCCNC(=O)COCCOCCN.Cl.[Cl-]. The van der Waals surface area contributed by atoms with E-state index in [0.717, 1.165) is 13.1 Å². The van der Waals surface area contributed by atoms with Crippen molar-refractivity contribution in [2.75, 3.05) is 133 Å². The maximum absolute atomic E-state index is 11.9. The Labute approximate surface area is 250 Å². The van der Waals surface area contributed by atoms with Crippen LogP contribution in [0.25, 0.3) is 0 Å². The fourth-order valence-electron chi connectivity index (χ4n) is 2.72. The summed E-state index contributed by atoms with van der Waals surface area (Å²) < 4.78 is 37.1. The second-order valence-corrected chi connectivity index (χ2v) is 8.75. The molecule has 0 heterocycles. The average molecular weight is 626 g/mol. The third-order valence-corrected chi connectivity index (χ3v) is 4.97. The van der Waals surface area contributed by atoms with Crippen LogP contribution in [0, 0.1) is 0 Å². The molecule has 0 radical (unpaired) electrons. The van der Waals surface area contributed by atoms with E-state index in [-0.39, 0.29) is 68.8 Å². The van der Waals surface area contributed by atoms with Gasteiger partial charge in [0.05, 0.1) is 107 Å². The maximum Gasteiger partial charge on any atom is 0.307 e. The highest BCUT2D eigenvalue weighted by molar-refractivity contribution is 5.85. The molecule has 0 aromatic rings. The standard InChI is InChI=1S/C24H48N4O10.2ClH/c1-28(2,9-13-36-15-14-33-10-4-24(31)32-3)8-6-26-22(29)20-38-19-17-35-12-7-27-23(30)21-37-18-16-34-11-5-25;;/h4-21,25H2,1-3H3,(H-,26,27,29,30);2*1H. The number of methoxy groups -OCH3 is 1. The quantitative estimate of drug-likeness (QED) is 0.0457. The van der Waals surface area contributed by atoms with Crippen molar-refractivity contribution in [3.05, 3.63) is 0 Å². The molecule has 0 aliphatic heterocycles. The minimum absolute atomic E-state index is 0. The first-order valence-corrected chi connectivity index (χ1v) is 12.9. The van der Waals surface area contributed by atoms with E-state index < -0.39 is 0 Å². The Hall–Kier alpha value is -1.33. The zero-order valence-electron chi connectivity index (χ0n) is 24.1. The molecule has 14 nitrogen and oxygen atoms in total. The fourth-order valence-corrected chi connectivity index (χ4v) is 2.72. The number of likely N-dealkylation sites (N-methyl/N-ethyl adjacent to an activating group) is 1. The number of carbonyl (C=O) groups excluding carboxylic acids is 3. The summed E-state index contributed by atoms with van der Waals surface area (Å²) in [6, 6.07) is 0. The number of carbonyl (C=O) groups is 3. The zero-order valence-corrected chi connectivity index (χ0v) is 25.7. The number of nitrogens with zero attached hydrogens (tertiary/aromatic N) is 1. The van der Waals surface area contributed by atoms with Crippen LogP contribution in [0.4, 0.5) is 0 Å². The van der Waals surface area contributed by atoms with Crippen LogP contribution in [0.15, 0.2) is 0 Å². The molecule has 0 fully saturated rings. The van der Waals surface area contributed by atoms with Gasteiger partial charge in [-0.3, -0.25) is 14.4 Å². The second kappa shape index (κ2) is 30.6. The van der Waals surface area contributed by atoms with E-state index in [2.05, 4.69) is 29.5 Å². The van der Waals surface area contributed by atoms with Gasteiger partial charge in [-0.2, -0.15) is 0 Å². The molecule has 0 saturated carbocycles. The van der Waals surface area contributed by atoms with E-state index in [1.54, 1.807) is 0 Å². The normalized spacial score (nSPS) is 10.8. The molecule has 0 atom stereocenters. The van der Waals surface area contributed by atoms with Crippen molar-refractivity contribution in [2.45, 2.75) is 6.42 Å². The van der Waals surface area contributed by atoms with Gasteiger partial charge in [-0.25, -0.2) is 0 Å². The van der Waals surface area contributed by atoms with E-state index in [9.17, 15) is 14.4 Å². The summed E-state index contributed by atoms with van der Waals surface area (Å²) in [6.07, 6.45) is 0.233. The van der Waals surface area contributed by atoms with Gasteiger partial charge in [-0.15, -0.1) is 12.4 Å². The van der Waals surface area contributed by atoms with Gasteiger partial charge < -0.3 is 66.4 Å². The Morgan fingerprint density at radius 3 is 1.68 bits per heavy atom. The predicted molar refractivity (Wildman–Crippen MR) is 146 cm³/mol. The van der Waals surface area contributed by atoms with Crippen LogP contribution >= 0.6 is 12.4 Å². The Morgan fingerprint density at radius 2 is 1.12 bits per heavy atom. The highest BCUT2D eigenvalue weighted by atomic mass is 35.5. The number of hydrogen-bond acceptors (Lipinski definition) is 11. The summed E-state index contributed by atoms with van der Waals surface area (Å²) in [6.45, 7) is 6.66. The minimum atomic E-state index is -0.295. The Bertz CT molecular complexity index is 622. The third-order valence-electron chi connectivity index (χ3n) is 4.97. The number of amides is 2. The van der Waals surface area contributed by atoms with Crippen LogP contribution in [-0.4, -0.2) is 155 Å². The van der Waals surface area contributed by atoms with Crippen molar-refractivity contribution in [1.29, 1.82) is 0 Å². The Balaban J connectivity index is -0.00000684. The summed E-state index contributed by atoms with van der Waals surface area (Å²) >= 11 is 0. The number of esters is 1. The molecule has 0 aromatic heterocycles. The second-order valence-electron chi connectivity index (χ2n) is 8.75. The van der Waals surface area contributed by atoms with E-state index in [1.165, 1.54) is 7.11 Å². The largest absolute Gasteiger partial charge is 1.00 e. The van der Waals surface area contributed by atoms with Gasteiger partial charge in [0.1, 0.15) is 19.8 Å². The number of hydrogen-bond donors (Lipinski definition) is 3. The number of quaternary nitrogens is 1. The molecular weight excluding hydrogens is 575 g/mol. The number of ether oxygens (including phenoxy) is 7. The molecule has 16 heteroatoms. The van der Waals surface area contributed by atoms with Crippen molar-refractivity contribution in [2.24, 2.45) is 5.73 Å². The van der Waals surface area contributed by atoms with Crippen molar-refractivity contribution in [3.63, 3.8) is 0 Å². The first-order chi connectivity index (χ1) is 18.3. The fraction of sp³-hybridized carbons (Fsp3) is 0.875. The van der Waals surface area contributed by atoms with Crippen LogP contribution in [0.3, 0.4) is 0 Å². The van der Waals surface area contributed by atoms with Crippen LogP contribution in [0.1, 0.15) is 6.42 Å². The summed E-state index contributed by atoms with van der Waals surface area (Å²) in [4.78, 5) is 34.5. The number of nitrogens with two attached hydrogens (primary N) is 1. The van der Waals surface area contributed by atoms with Gasteiger partial charge in [-0.05, 0) is 0 Å². The van der Waals surface area contributed by atoms with Crippen LogP contribution in [0.2, 0.25) is 0 Å². The number of nitrogens with one attached hydrogen (secondary N) is 2. The third kappa shape index (κ3) is 31.2. The lowest BCUT2D eigenvalue weighted by atomic mass is 10.4. The summed E-state index contributed by atoms with van der Waals surface area (Å²) in [5.41, 5.74) is 5.29. The predicted octanol–water partition coefficient (Wildman–Crippen LogP) is -4.66. The molecule has 0 rings (SSSR count). The zero-order chi connectivity index (χ0) is 28.3. The highest BCUT2D eigenvalue weighted by Crippen LogP contribution is 1.96. The molecule has 240 valence electrons. The molecule has 40 heavy (non-hydrogen) atoms. The minimum Gasteiger partial charge on any atom is -1.00 e. The maximum atomic E-state index is 11.9. The van der Waals surface area contributed by atoms with Gasteiger partial charge in [0, 0.05) is 13.1 Å². The number of rotatable bonds is 27. The van der Waals surface area contributed by atoms with Gasteiger partial charge in [0.15, 0.2) is 0 Å². The molecule has 0 aliphatic carbocycles. The van der Waals surface area contributed by atoms with Crippen LogP contribution < -0.4 is 28.8 Å². The monoisotopic (exact) mass is 624 g/mol. The van der Waals surface area contributed by atoms with Gasteiger partial charge in [0.2, 0.25) is 11.8 Å². The summed E-state index contributed by atoms with van der Waals surface area (Å²) in [5, 5.41) is 5.52. The molecular formula is C24H50Cl2N4O10. The van der Waals surface area contributed by atoms with Gasteiger partial charge in [-0.1, -0.05) is 0 Å². The van der Waals surface area contributed by atoms with Crippen LogP contribution in [0.5, 0.6) is 0 Å². The summed E-state index contributed by atoms with van der Waals surface area (Å²) in [5.74, 6) is -0.712. The van der Waals surface area contributed by atoms with E-state index >= 15 is 0 Å². The molecule has 0 bridgehead atoms. The van der Waals surface area contributed by atoms with E-state index in [0.29, 0.717) is 83.6 Å². The first kappa shape index (κ1) is 43.1. The molecule has 0 spiro atoms. The lowest BCUT2D eigenvalue weighted by molar-refractivity contribution is -0.889. The number of halogens is 2. The van der Waals surface area contributed by atoms with E-state index in [1.807, 2.05) is 0 Å². The van der Waals surface area contributed by atoms with Crippen molar-refractivity contribution < 1.29 is 64.4 Å². The average Bonchev–Trinajstić information content (AvgIpc) is 2.88. The van der Waals surface area contributed by atoms with Crippen LogP contribution in [-0.2, 0) is 47.5 Å². The molecule has 0 aliphatic rings. The van der Waals surface area contributed by atoms with Crippen molar-refractivity contribution in [3.8, 4) is 0 Å². The van der Waals surface area contributed by atoms with Crippen molar-refractivity contribution in [1.82, 2.24) is 10.6 Å². The lowest BCUT2D eigenvalue weighted by Gasteiger charge is -2.29. The molecule has 0 unspecified atom stereocenters. The summed E-state index contributed by atoms with van der Waals surface area (Å²) in [7, 11) is 5.47.